The third kappa shape index (κ3) is 4.29. The Morgan fingerprint density at radius 2 is 1.74 bits per heavy atom. The van der Waals surface area contributed by atoms with Crippen molar-refractivity contribution in [1.29, 1.82) is 0 Å². The van der Waals surface area contributed by atoms with E-state index in [1.165, 1.54) is 30.3 Å². The predicted molar refractivity (Wildman–Crippen MR) is 133 cm³/mol. The number of anilines is 1. The van der Waals surface area contributed by atoms with Crippen molar-refractivity contribution in [3.05, 3.63) is 111 Å². The summed E-state index contributed by atoms with van der Waals surface area (Å²) >= 11 is 12.1. The molecule has 0 radical (unpaired) electrons. The number of nitrogens with zero attached hydrogens (tertiary/aromatic N) is 2. The van der Waals surface area contributed by atoms with Gasteiger partial charge in [-0.1, -0.05) is 53.5 Å². The van der Waals surface area contributed by atoms with Crippen molar-refractivity contribution in [1.82, 2.24) is 15.1 Å². The molecule has 5 rings (SSSR count). The summed E-state index contributed by atoms with van der Waals surface area (Å²) in [5.74, 6) is -1.41. The molecule has 0 bridgehead atoms. The van der Waals surface area contributed by atoms with E-state index in [-0.39, 0.29) is 10.6 Å². The first-order valence-electron chi connectivity index (χ1n) is 10.8. The molecule has 0 aliphatic carbocycles. The van der Waals surface area contributed by atoms with E-state index < -0.39 is 29.6 Å². The molecule has 35 heavy (non-hydrogen) atoms. The molecule has 4 aromatic rings. The molecule has 0 saturated heterocycles. The van der Waals surface area contributed by atoms with Crippen molar-refractivity contribution in [2.45, 2.75) is 18.9 Å². The molecule has 9 heteroatoms. The maximum Gasteiger partial charge on any atom is 0.252 e. The molecule has 176 valence electrons. The van der Waals surface area contributed by atoms with E-state index in [1.807, 2.05) is 37.3 Å². The summed E-state index contributed by atoms with van der Waals surface area (Å²) in [5, 5.41) is 10.9. The Kier molecular flexibility index (Phi) is 6.05. The molecule has 2 N–H and O–H groups in total. The fraction of sp³-hybridized carbons (Fsp3) is 0.115. The SMILES string of the molecule is Cc1nn(-c2ccccc2)c2c1[C@H](c1ccc(F)cc1)[C@H](NC(=O)c1ccc(Cl)c(Cl)c1)C(=O)N2. The lowest BCUT2D eigenvalue weighted by atomic mass is 9.82. The lowest BCUT2D eigenvalue weighted by Crippen LogP contribution is -2.50. The molecule has 1 aromatic heterocycles. The Bertz CT molecular complexity index is 1440. The molecular formula is C26H19Cl2FN4O2. The van der Waals surface area contributed by atoms with Crippen LogP contribution in [0.4, 0.5) is 10.2 Å². The van der Waals surface area contributed by atoms with Crippen LogP contribution in [0.25, 0.3) is 5.69 Å². The Labute approximate surface area is 210 Å². The second-order valence-electron chi connectivity index (χ2n) is 8.19. The fourth-order valence-electron chi connectivity index (χ4n) is 4.34. The zero-order chi connectivity index (χ0) is 24.7. The molecule has 0 spiro atoms. The summed E-state index contributed by atoms with van der Waals surface area (Å²) < 4.78 is 15.4. The van der Waals surface area contributed by atoms with E-state index in [2.05, 4.69) is 15.7 Å². The molecule has 3 aromatic carbocycles. The van der Waals surface area contributed by atoms with Gasteiger partial charge >= 0.3 is 0 Å². The highest BCUT2D eigenvalue weighted by molar-refractivity contribution is 6.42. The number of carbonyl (C=O) groups is 2. The Hall–Kier alpha value is -3.68. The molecule has 1 aliphatic heterocycles. The standard InChI is InChI=1S/C26H19Cl2FN4O2/c1-14-21-22(15-7-10-17(29)11-8-15)23(30-25(34)16-9-12-19(27)20(28)13-16)26(35)31-24(21)33(32-14)18-5-3-2-4-6-18/h2-13,22-23H,1H3,(H,30,34)(H,31,35)/t22-,23-/m0/s1. The topological polar surface area (TPSA) is 76.0 Å². The van der Waals surface area contributed by atoms with Crippen LogP contribution in [0.1, 0.15) is 33.1 Å². The number of benzene rings is 3. The summed E-state index contributed by atoms with van der Waals surface area (Å²) in [6.07, 6.45) is 0. The van der Waals surface area contributed by atoms with E-state index in [4.69, 9.17) is 23.2 Å². The van der Waals surface area contributed by atoms with Crippen LogP contribution in [-0.2, 0) is 4.79 Å². The maximum atomic E-state index is 13.7. The van der Waals surface area contributed by atoms with Crippen LogP contribution in [0.2, 0.25) is 10.0 Å². The zero-order valence-electron chi connectivity index (χ0n) is 18.4. The quantitative estimate of drug-likeness (QED) is 0.381. The molecule has 2 heterocycles. The van der Waals surface area contributed by atoms with Crippen LogP contribution in [-0.4, -0.2) is 27.6 Å². The summed E-state index contributed by atoms with van der Waals surface area (Å²) in [4.78, 5) is 26.5. The first-order valence-corrected chi connectivity index (χ1v) is 11.6. The Morgan fingerprint density at radius 3 is 2.43 bits per heavy atom. The number of para-hydroxylation sites is 1. The first-order chi connectivity index (χ1) is 16.8. The van der Waals surface area contributed by atoms with Gasteiger partial charge in [0.2, 0.25) is 5.91 Å². The van der Waals surface area contributed by atoms with Gasteiger partial charge in [0.1, 0.15) is 17.7 Å². The molecule has 6 nitrogen and oxygen atoms in total. The van der Waals surface area contributed by atoms with Gasteiger partial charge in [-0.2, -0.15) is 5.10 Å². The summed E-state index contributed by atoms with van der Waals surface area (Å²) in [6, 6.07) is 18.8. The highest BCUT2D eigenvalue weighted by atomic mass is 35.5. The van der Waals surface area contributed by atoms with Crippen LogP contribution < -0.4 is 10.6 Å². The van der Waals surface area contributed by atoms with Crippen LogP contribution in [0.3, 0.4) is 0 Å². The van der Waals surface area contributed by atoms with Crippen molar-refractivity contribution in [2.24, 2.45) is 0 Å². The summed E-state index contributed by atoms with van der Waals surface area (Å²) in [5.41, 5.74) is 3.10. The Morgan fingerprint density at radius 1 is 1.03 bits per heavy atom. The smallest absolute Gasteiger partial charge is 0.252 e. The van der Waals surface area contributed by atoms with E-state index in [0.717, 1.165) is 11.3 Å². The molecule has 0 fully saturated rings. The number of carbonyl (C=O) groups excluding carboxylic acids is 2. The minimum atomic E-state index is -0.984. The normalized spacial score (nSPS) is 17.0. The minimum absolute atomic E-state index is 0.227. The molecule has 1 aliphatic rings. The molecule has 2 amide bonds. The summed E-state index contributed by atoms with van der Waals surface area (Å²) in [6.45, 7) is 1.84. The minimum Gasteiger partial charge on any atom is -0.339 e. The van der Waals surface area contributed by atoms with Gasteiger partial charge in [-0.05, 0) is 55.0 Å². The number of aryl methyl sites for hydroxylation is 1. The van der Waals surface area contributed by atoms with Crippen molar-refractivity contribution in [2.75, 3.05) is 5.32 Å². The van der Waals surface area contributed by atoms with Gasteiger partial charge in [0, 0.05) is 17.0 Å². The van der Waals surface area contributed by atoms with Crippen LogP contribution >= 0.6 is 23.2 Å². The van der Waals surface area contributed by atoms with Gasteiger partial charge in [0.25, 0.3) is 5.91 Å². The monoisotopic (exact) mass is 508 g/mol. The Balaban J connectivity index is 1.61. The molecule has 2 atom stereocenters. The van der Waals surface area contributed by atoms with E-state index >= 15 is 0 Å². The average Bonchev–Trinajstić information content (AvgIpc) is 3.18. The second kappa shape index (κ2) is 9.17. The number of fused-ring (bicyclic) bond motifs is 1. The van der Waals surface area contributed by atoms with Crippen LogP contribution in [0.5, 0.6) is 0 Å². The predicted octanol–water partition coefficient (Wildman–Crippen LogP) is 5.51. The number of nitrogens with one attached hydrogen (secondary N) is 2. The number of hydrogen-bond acceptors (Lipinski definition) is 3. The van der Waals surface area contributed by atoms with Crippen molar-refractivity contribution >= 4 is 40.8 Å². The van der Waals surface area contributed by atoms with Gasteiger partial charge in [-0.25, -0.2) is 9.07 Å². The van der Waals surface area contributed by atoms with Gasteiger partial charge in [-0.15, -0.1) is 0 Å². The fourth-order valence-corrected chi connectivity index (χ4v) is 4.64. The highest BCUT2D eigenvalue weighted by Crippen LogP contribution is 2.40. The molecular weight excluding hydrogens is 490 g/mol. The lowest BCUT2D eigenvalue weighted by Gasteiger charge is -2.32. The van der Waals surface area contributed by atoms with Gasteiger partial charge in [-0.3, -0.25) is 9.59 Å². The van der Waals surface area contributed by atoms with E-state index in [1.54, 1.807) is 16.8 Å². The number of halogens is 3. The highest BCUT2D eigenvalue weighted by Gasteiger charge is 2.41. The van der Waals surface area contributed by atoms with E-state index in [9.17, 15) is 14.0 Å². The third-order valence-electron chi connectivity index (χ3n) is 5.97. The first kappa shape index (κ1) is 23.1. The molecule has 0 saturated carbocycles. The van der Waals surface area contributed by atoms with Gasteiger partial charge < -0.3 is 10.6 Å². The van der Waals surface area contributed by atoms with Crippen molar-refractivity contribution in [3.8, 4) is 5.69 Å². The van der Waals surface area contributed by atoms with E-state index in [0.29, 0.717) is 22.1 Å². The average molecular weight is 509 g/mol. The van der Waals surface area contributed by atoms with Crippen molar-refractivity contribution in [3.63, 3.8) is 0 Å². The number of amides is 2. The third-order valence-corrected chi connectivity index (χ3v) is 6.71. The van der Waals surface area contributed by atoms with Crippen molar-refractivity contribution < 1.29 is 14.0 Å². The van der Waals surface area contributed by atoms with Gasteiger partial charge in [0.15, 0.2) is 0 Å². The number of aromatic nitrogens is 2. The largest absolute Gasteiger partial charge is 0.339 e. The van der Waals surface area contributed by atoms with Gasteiger partial charge in [0.05, 0.1) is 21.4 Å². The number of hydrogen-bond donors (Lipinski definition) is 2. The number of rotatable bonds is 4. The summed E-state index contributed by atoms with van der Waals surface area (Å²) in [7, 11) is 0. The lowest BCUT2D eigenvalue weighted by molar-refractivity contribution is -0.118. The molecule has 0 unspecified atom stereocenters. The van der Waals surface area contributed by atoms with Crippen LogP contribution in [0, 0.1) is 12.7 Å². The second-order valence-corrected chi connectivity index (χ2v) is 9.01. The maximum absolute atomic E-state index is 13.7. The zero-order valence-corrected chi connectivity index (χ0v) is 19.9. The van der Waals surface area contributed by atoms with Crippen LogP contribution in [0.15, 0.2) is 72.8 Å².